The van der Waals surface area contributed by atoms with E-state index in [1.54, 1.807) is 6.33 Å². The molecule has 1 aromatic carbocycles. The van der Waals surface area contributed by atoms with E-state index in [4.69, 9.17) is 5.73 Å². The Morgan fingerprint density at radius 2 is 2.18 bits per heavy atom. The van der Waals surface area contributed by atoms with E-state index >= 15 is 0 Å². The molecular weight excluding hydrogens is 212 g/mol. The zero-order valence-electron chi connectivity index (χ0n) is 9.69. The van der Waals surface area contributed by atoms with Gasteiger partial charge in [-0.15, -0.1) is 0 Å². The van der Waals surface area contributed by atoms with Crippen LogP contribution >= 0.6 is 0 Å². The van der Waals surface area contributed by atoms with Gasteiger partial charge in [0.25, 0.3) is 0 Å². The van der Waals surface area contributed by atoms with Gasteiger partial charge in [-0.1, -0.05) is 6.42 Å². The smallest absolute Gasteiger partial charge is 0.137 e. The molecule has 0 atom stereocenters. The van der Waals surface area contributed by atoms with E-state index in [-0.39, 0.29) is 0 Å². The molecule has 0 bridgehead atoms. The maximum atomic E-state index is 5.80. The third-order valence-corrected chi connectivity index (χ3v) is 3.44. The topological polar surface area (TPSA) is 63.8 Å². The van der Waals surface area contributed by atoms with Gasteiger partial charge in [0.05, 0.1) is 5.52 Å². The van der Waals surface area contributed by atoms with Crippen molar-refractivity contribution in [2.45, 2.75) is 19.3 Å². The molecule has 3 N–H and O–H groups in total. The molecule has 3 rings (SSSR count). The highest BCUT2D eigenvalue weighted by Gasteiger charge is 2.17. The quantitative estimate of drug-likeness (QED) is 0.792. The van der Waals surface area contributed by atoms with Crippen molar-refractivity contribution in [3.8, 4) is 0 Å². The molecule has 1 aromatic heterocycles. The molecule has 0 unspecified atom stereocenters. The summed E-state index contributed by atoms with van der Waals surface area (Å²) in [5, 5.41) is 4.42. The Bertz CT molecular complexity index is 534. The van der Waals surface area contributed by atoms with Crippen LogP contribution in [0.5, 0.6) is 0 Å². The lowest BCUT2D eigenvalue weighted by Gasteiger charge is -2.25. The normalized spacial score (nSPS) is 15.8. The minimum atomic E-state index is 0.749. The number of nitrogens with two attached hydrogens (primary N) is 1. The molecule has 4 nitrogen and oxygen atoms in total. The number of benzene rings is 1. The van der Waals surface area contributed by atoms with Crippen LogP contribution in [0.15, 0.2) is 24.5 Å². The van der Waals surface area contributed by atoms with Crippen LogP contribution in [0.2, 0.25) is 0 Å². The number of nitrogen functional groups attached to an aromatic ring is 1. The molecular formula is C13H16N4. The zero-order valence-corrected chi connectivity index (χ0v) is 9.69. The first-order valence-corrected chi connectivity index (χ1v) is 6.07. The van der Waals surface area contributed by atoms with Crippen molar-refractivity contribution in [1.29, 1.82) is 0 Å². The van der Waals surface area contributed by atoms with E-state index < -0.39 is 0 Å². The van der Waals surface area contributed by atoms with Gasteiger partial charge in [0.2, 0.25) is 0 Å². The van der Waals surface area contributed by atoms with E-state index in [1.165, 1.54) is 19.3 Å². The summed E-state index contributed by atoms with van der Waals surface area (Å²) in [5.74, 6) is 1.70. The van der Waals surface area contributed by atoms with Crippen LogP contribution in [-0.4, -0.2) is 16.5 Å². The first kappa shape index (κ1) is 10.3. The van der Waals surface area contributed by atoms with E-state index in [2.05, 4.69) is 15.3 Å². The van der Waals surface area contributed by atoms with Crippen LogP contribution in [0.25, 0.3) is 10.9 Å². The highest BCUT2D eigenvalue weighted by atomic mass is 15.0. The van der Waals surface area contributed by atoms with Crippen molar-refractivity contribution in [3.63, 3.8) is 0 Å². The lowest BCUT2D eigenvalue weighted by atomic mass is 9.85. The van der Waals surface area contributed by atoms with Gasteiger partial charge >= 0.3 is 0 Å². The molecule has 88 valence electrons. The Morgan fingerprint density at radius 3 is 2.94 bits per heavy atom. The molecule has 0 radical (unpaired) electrons. The number of nitrogens with one attached hydrogen (secondary N) is 1. The molecule has 0 spiro atoms. The fraction of sp³-hybridized carbons (Fsp3) is 0.385. The van der Waals surface area contributed by atoms with E-state index in [0.717, 1.165) is 34.9 Å². The average Bonchev–Trinajstić information content (AvgIpc) is 2.27. The summed E-state index contributed by atoms with van der Waals surface area (Å²) in [4.78, 5) is 8.54. The van der Waals surface area contributed by atoms with Gasteiger partial charge in [-0.05, 0) is 37.0 Å². The highest BCUT2D eigenvalue weighted by Crippen LogP contribution is 2.27. The molecule has 1 aliphatic carbocycles. The van der Waals surface area contributed by atoms with Crippen molar-refractivity contribution in [3.05, 3.63) is 24.5 Å². The van der Waals surface area contributed by atoms with Gasteiger partial charge in [-0.25, -0.2) is 9.97 Å². The summed E-state index contributed by atoms with van der Waals surface area (Å²) in [5.41, 5.74) is 7.49. The standard InChI is InChI=1S/C13H16N4/c14-10-4-5-12-11(6-10)13(17-8-16-12)15-7-9-2-1-3-9/h4-6,8-9H,1-3,7,14H2,(H,15,16,17). The Balaban J connectivity index is 1.88. The van der Waals surface area contributed by atoms with Gasteiger partial charge < -0.3 is 11.1 Å². The van der Waals surface area contributed by atoms with Gasteiger partial charge in [0, 0.05) is 17.6 Å². The third-order valence-electron chi connectivity index (χ3n) is 3.44. The van der Waals surface area contributed by atoms with E-state index in [9.17, 15) is 0 Å². The summed E-state index contributed by atoms with van der Waals surface area (Å²) < 4.78 is 0. The van der Waals surface area contributed by atoms with Gasteiger partial charge in [0.15, 0.2) is 0 Å². The zero-order chi connectivity index (χ0) is 11.7. The Hall–Kier alpha value is -1.84. The van der Waals surface area contributed by atoms with Gasteiger partial charge in [-0.3, -0.25) is 0 Å². The minimum absolute atomic E-state index is 0.749. The summed E-state index contributed by atoms with van der Waals surface area (Å²) >= 11 is 0. The number of rotatable bonds is 3. The Kier molecular flexibility index (Phi) is 2.55. The number of hydrogen-bond donors (Lipinski definition) is 2. The highest BCUT2D eigenvalue weighted by molar-refractivity contribution is 5.91. The van der Waals surface area contributed by atoms with E-state index in [0.29, 0.717) is 0 Å². The fourth-order valence-electron chi connectivity index (χ4n) is 2.15. The van der Waals surface area contributed by atoms with Crippen molar-refractivity contribution in [2.75, 3.05) is 17.6 Å². The Labute approximate surface area is 100 Å². The first-order valence-electron chi connectivity index (χ1n) is 6.07. The number of fused-ring (bicyclic) bond motifs is 1. The predicted octanol–water partition coefficient (Wildman–Crippen LogP) is 2.42. The van der Waals surface area contributed by atoms with Crippen molar-refractivity contribution >= 4 is 22.4 Å². The van der Waals surface area contributed by atoms with E-state index in [1.807, 2.05) is 18.2 Å². The second-order valence-corrected chi connectivity index (χ2v) is 4.68. The molecule has 1 saturated carbocycles. The first-order chi connectivity index (χ1) is 8.33. The van der Waals surface area contributed by atoms with Crippen LogP contribution in [0.1, 0.15) is 19.3 Å². The molecule has 0 amide bonds. The van der Waals surface area contributed by atoms with Crippen molar-refractivity contribution in [2.24, 2.45) is 5.92 Å². The molecule has 0 aliphatic heterocycles. The van der Waals surface area contributed by atoms with Crippen molar-refractivity contribution in [1.82, 2.24) is 9.97 Å². The fourth-order valence-corrected chi connectivity index (χ4v) is 2.15. The molecule has 0 saturated heterocycles. The largest absolute Gasteiger partial charge is 0.399 e. The molecule has 2 aromatic rings. The molecule has 1 fully saturated rings. The monoisotopic (exact) mass is 228 g/mol. The summed E-state index contributed by atoms with van der Waals surface area (Å²) in [6, 6.07) is 5.73. The van der Waals surface area contributed by atoms with Crippen LogP contribution in [0, 0.1) is 5.92 Å². The SMILES string of the molecule is Nc1ccc2ncnc(NCC3CCC3)c2c1. The number of aromatic nitrogens is 2. The Morgan fingerprint density at radius 1 is 1.29 bits per heavy atom. The summed E-state index contributed by atoms with van der Waals surface area (Å²) in [7, 11) is 0. The van der Waals surface area contributed by atoms with Crippen LogP contribution < -0.4 is 11.1 Å². The number of nitrogens with zero attached hydrogens (tertiary/aromatic N) is 2. The van der Waals surface area contributed by atoms with Gasteiger partial charge in [0.1, 0.15) is 12.1 Å². The van der Waals surface area contributed by atoms with Gasteiger partial charge in [-0.2, -0.15) is 0 Å². The average molecular weight is 228 g/mol. The minimum Gasteiger partial charge on any atom is -0.399 e. The van der Waals surface area contributed by atoms with Crippen molar-refractivity contribution < 1.29 is 0 Å². The summed E-state index contributed by atoms with van der Waals surface area (Å²) in [6.07, 6.45) is 5.63. The second-order valence-electron chi connectivity index (χ2n) is 4.68. The number of hydrogen-bond acceptors (Lipinski definition) is 4. The predicted molar refractivity (Wildman–Crippen MR) is 69.8 cm³/mol. The molecule has 17 heavy (non-hydrogen) atoms. The summed E-state index contributed by atoms with van der Waals surface area (Å²) in [6.45, 7) is 1.00. The van der Waals surface area contributed by atoms with Crippen LogP contribution in [-0.2, 0) is 0 Å². The third kappa shape index (κ3) is 2.02. The van der Waals surface area contributed by atoms with Crippen LogP contribution in [0.4, 0.5) is 11.5 Å². The lowest BCUT2D eigenvalue weighted by Crippen LogP contribution is -2.21. The van der Waals surface area contributed by atoms with Crippen LogP contribution in [0.3, 0.4) is 0 Å². The molecule has 1 heterocycles. The maximum Gasteiger partial charge on any atom is 0.137 e. The number of anilines is 2. The second kappa shape index (κ2) is 4.20. The lowest BCUT2D eigenvalue weighted by molar-refractivity contribution is 0.333. The maximum absolute atomic E-state index is 5.80. The molecule has 1 aliphatic rings. The molecule has 4 heteroatoms.